The van der Waals surface area contributed by atoms with E-state index in [4.69, 9.17) is 9.47 Å². The summed E-state index contributed by atoms with van der Waals surface area (Å²) in [7, 11) is 2.92. The Morgan fingerprint density at radius 2 is 2.03 bits per heavy atom. The summed E-state index contributed by atoms with van der Waals surface area (Å²) in [5, 5.41) is 7.18. The first-order valence-corrected chi connectivity index (χ1v) is 11.2. The van der Waals surface area contributed by atoms with E-state index in [1.54, 1.807) is 0 Å². The summed E-state index contributed by atoms with van der Waals surface area (Å²) in [6.45, 7) is 4.19. The van der Waals surface area contributed by atoms with E-state index >= 15 is 0 Å². The van der Waals surface area contributed by atoms with Crippen molar-refractivity contribution in [1.29, 1.82) is 0 Å². The maximum atomic E-state index is 13.7. The zero-order valence-corrected chi connectivity index (χ0v) is 18.5. The number of aromatic nitrogens is 2. The lowest BCUT2D eigenvalue weighted by atomic mass is 9.68. The molecule has 1 unspecified atom stereocenters. The SMILES string of the molecule is COC(=O)[C@@H]1C[C@H]2CCCC[C@@H]2C(C(=O)[C@H](CC(C)C)Nc2nc(OC)ns2)N1. The molecule has 9 heteroatoms. The third-order valence-corrected chi connectivity index (χ3v) is 6.68. The molecular weight excluding hydrogens is 392 g/mol. The first-order chi connectivity index (χ1) is 13.9. The summed E-state index contributed by atoms with van der Waals surface area (Å²) in [6.07, 6.45) is 5.80. The Kier molecular flexibility index (Phi) is 7.45. The van der Waals surface area contributed by atoms with Crippen LogP contribution in [0.5, 0.6) is 6.01 Å². The second kappa shape index (κ2) is 9.84. The fourth-order valence-corrected chi connectivity index (χ4v) is 5.31. The van der Waals surface area contributed by atoms with Gasteiger partial charge in [0.2, 0.25) is 5.13 Å². The number of fused-ring (bicyclic) bond motifs is 1. The monoisotopic (exact) mass is 424 g/mol. The van der Waals surface area contributed by atoms with Gasteiger partial charge < -0.3 is 14.8 Å². The van der Waals surface area contributed by atoms with E-state index in [1.165, 1.54) is 25.8 Å². The van der Waals surface area contributed by atoms with Crippen LogP contribution in [0.15, 0.2) is 0 Å². The van der Waals surface area contributed by atoms with Crippen LogP contribution in [0.25, 0.3) is 0 Å². The van der Waals surface area contributed by atoms with Crippen molar-refractivity contribution in [2.24, 2.45) is 17.8 Å². The number of anilines is 1. The molecule has 0 radical (unpaired) electrons. The molecule has 5 atom stereocenters. The van der Waals surface area contributed by atoms with Crippen LogP contribution in [0, 0.1) is 17.8 Å². The quantitative estimate of drug-likeness (QED) is 0.614. The predicted octanol–water partition coefficient (Wildman–Crippen LogP) is 2.65. The average molecular weight is 425 g/mol. The van der Waals surface area contributed by atoms with Crippen LogP contribution in [-0.2, 0) is 14.3 Å². The molecule has 3 rings (SSSR count). The van der Waals surface area contributed by atoms with Crippen LogP contribution in [0.1, 0.15) is 52.4 Å². The molecule has 2 aliphatic rings. The summed E-state index contributed by atoms with van der Waals surface area (Å²) in [5.41, 5.74) is 0. The van der Waals surface area contributed by atoms with Gasteiger partial charge in [0.25, 0.3) is 0 Å². The lowest BCUT2D eigenvalue weighted by molar-refractivity contribution is -0.146. The van der Waals surface area contributed by atoms with E-state index in [0.717, 1.165) is 32.1 Å². The Morgan fingerprint density at radius 3 is 2.69 bits per heavy atom. The van der Waals surface area contributed by atoms with Crippen molar-refractivity contribution in [3.05, 3.63) is 0 Å². The van der Waals surface area contributed by atoms with Gasteiger partial charge in [0.1, 0.15) is 6.04 Å². The van der Waals surface area contributed by atoms with Crippen molar-refractivity contribution in [2.75, 3.05) is 19.5 Å². The molecule has 0 aromatic carbocycles. The Hall–Kier alpha value is -1.74. The molecule has 1 aromatic heterocycles. The number of hydrogen-bond acceptors (Lipinski definition) is 9. The fraction of sp³-hybridized carbons (Fsp3) is 0.800. The van der Waals surface area contributed by atoms with Crippen molar-refractivity contribution >= 4 is 28.4 Å². The molecule has 1 saturated carbocycles. The molecule has 2 fully saturated rings. The standard InChI is InChI=1S/C20H32N4O4S/c1-11(2)9-14(22-20-23-19(28-4)24-29-20)17(25)16-13-8-6-5-7-12(13)10-15(21-16)18(26)27-3/h11-16,21H,5-10H2,1-4H3,(H,22,23,24)/t12-,13+,14+,15+,16?/m1/s1. The molecule has 1 aromatic rings. The summed E-state index contributed by atoms with van der Waals surface area (Å²) in [5.74, 6) is 0.780. The molecular formula is C20H32N4O4S. The van der Waals surface area contributed by atoms with Crippen molar-refractivity contribution < 1.29 is 19.1 Å². The number of hydrogen-bond donors (Lipinski definition) is 2. The van der Waals surface area contributed by atoms with Gasteiger partial charge in [0.05, 0.1) is 26.3 Å². The zero-order chi connectivity index (χ0) is 21.0. The van der Waals surface area contributed by atoms with Gasteiger partial charge in [-0.2, -0.15) is 4.98 Å². The minimum absolute atomic E-state index is 0.0957. The zero-order valence-electron chi connectivity index (χ0n) is 17.6. The molecule has 2 heterocycles. The molecule has 1 saturated heterocycles. The van der Waals surface area contributed by atoms with Crippen molar-refractivity contribution in [3.63, 3.8) is 0 Å². The highest BCUT2D eigenvalue weighted by molar-refractivity contribution is 7.09. The highest BCUT2D eigenvalue weighted by Gasteiger charge is 2.45. The van der Waals surface area contributed by atoms with Crippen LogP contribution in [-0.4, -0.2) is 53.5 Å². The van der Waals surface area contributed by atoms with Gasteiger partial charge in [-0.3, -0.25) is 14.9 Å². The number of nitrogens with zero attached hydrogens (tertiary/aromatic N) is 2. The smallest absolute Gasteiger partial charge is 0.329 e. The maximum absolute atomic E-state index is 13.7. The van der Waals surface area contributed by atoms with E-state index in [-0.39, 0.29) is 23.7 Å². The van der Waals surface area contributed by atoms with Crippen LogP contribution in [0.2, 0.25) is 0 Å². The van der Waals surface area contributed by atoms with Crippen molar-refractivity contribution in [2.45, 2.75) is 70.5 Å². The number of nitrogens with one attached hydrogen (secondary N) is 2. The minimum atomic E-state index is -0.422. The number of esters is 1. The molecule has 162 valence electrons. The Balaban J connectivity index is 1.81. The molecule has 0 spiro atoms. The number of carbonyl (C=O) groups is 2. The molecule has 2 N–H and O–H groups in total. The van der Waals surface area contributed by atoms with Gasteiger partial charge >= 0.3 is 12.0 Å². The number of methoxy groups -OCH3 is 2. The predicted molar refractivity (Wildman–Crippen MR) is 111 cm³/mol. The molecule has 8 nitrogen and oxygen atoms in total. The molecule has 0 bridgehead atoms. The van der Waals surface area contributed by atoms with E-state index < -0.39 is 12.1 Å². The summed E-state index contributed by atoms with van der Waals surface area (Å²) >= 11 is 1.18. The Morgan fingerprint density at radius 1 is 1.28 bits per heavy atom. The van der Waals surface area contributed by atoms with Crippen molar-refractivity contribution in [3.8, 4) is 6.01 Å². The van der Waals surface area contributed by atoms with Gasteiger partial charge in [-0.25, -0.2) is 0 Å². The van der Waals surface area contributed by atoms with Gasteiger partial charge in [0.15, 0.2) is 5.78 Å². The second-order valence-electron chi connectivity index (χ2n) is 8.48. The maximum Gasteiger partial charge on any atom is 0.329 e. The number of piperidine rings is 1. The topological polar surface area (TPSA) is 102 Å². The number of Topliss-reactive ketones (excluding diaryl/α,β-unsaturated/α-hetero) is 1. The van der Waals surface area contributed by atoms with Gasteiger partial charge in [-0.1, -0.05) is 33.1 Å². The number of carbonyl (C=O) groups excluding carboxylic acids is 2. The minimum Gasteiger partial charge on any atom is -0.468 e. The Labute approximate surface area is 176 Å². The van der Waals surface area contributed by atoms with E-state index in [9.17, 15) is 9.59 Å². The van der Waals surface area contributed by atoms with Crippen LogP contribution >= 0.6 is 11.5 Å². The first-order valence-electron chi connectivity index (χ1n) is 10.4. The second-order valence-corrected chi connectivity index (χ2v) is 9.23. The largest absolute Gasteiger partial charge is 0.468 e. The number of rotatable bonds is 8. The van der Waals surface area contributed by atoms with Gasteiger partial charge in [-0.05, 0) is 37.0 Å². The van der Waals surface area contributed by atoms with Gasteiger partial charge in [0, 0.05) is 11.5 Å². The van der Waals surface area contributed by atoms with E-state index in [0.29, 0.717) is 29.4 Å². The van der Waals surface area contributed by atoms with Crippen molar-refractivity contribution in [1.82, 2.24) is 14.7 Å². The van der Waals surface area contributed by atoms with Crippen LogP contribution in [0.4, 0.5) is 5.13 Å². The fourth-order valence-electron chi connectivity index (χ4n) is 4.71. The molecule has 1 aliphatic carbocycles. The lowest BCUT2D eigenvalue weighted by Crippen LogP contribution is -2.61. The van der Waals surface area contributed by atoms with Crippen LogP contribution in [0.3, 0.4) is 0 Å². The third kappa shape index (κ3) is 5.25. The number of ketones is 1. The van der Waals surface area contributed by atoms with Gasteiger partial charge in [-0.15, -0.1) is 4.37 Å². The highest BCUT2D eigenvalue weighted by atomic mass is 32.1. The number of ether oxygens (including phenoxy) is 2. The van der Waals surface area contributed by atoms with Crippen LogP contribution < -0.4 is 15.4 Å². The average Bonchev–Trinajstić information content (AvgIpc) is 3.18. The molecule has 29 heavy (non-hydrogen) atoms. The summed E-state index contributed by atoms with van der Waals surface area (Å²) < 4.78 is 14.1. The lowest BCUT2D eigenvalue weighted by Gasteiger charge is -2.44. The van der Waals surface area contributed by atoms with E-state index in [1.807, 2.05) is 0 Å². The summed E-state index contributed by atoms with van der Waals surface area (Å²) in [6, 6.07) is -0.884. The normalized spacial score (nSPS) is 27.8. The molecule has 0 amide bonds. The third-order valence-electron chi connectivity index (χ3n) is 6.05. The highest BCUT2D eigenvalue weighted by Crippen LogP contribution is 2.39. The molecule has 1 aliphatic heterocycles. The first kappa shape index (κ1) is 22.0. The Bertz CT molecular complexity index is 710. The summed E-state index contributed by atoms with van der Waals surface area (Å²) in [4.78, 5) is 30.2. The van der Waals surface area contributed by atoms with E-state index in [2.05, 4.69) is 33.8 Å².